The molecule has 0 aromatic heterocycles. The van der Waals surface area contributed by atoms with Crippen LogP contribution in [-0.2, 0) is 9.53 Å². The van der Waals surface area contributed by atoms with Gasteiger partial charge in [-0.05, 0) is 43.9 Å². The lowest BCUT2D eigenvalue weighted by Crippen LogP contribution is -2.46. The highest BCUT2D eigenvalue weighted by atomic mass is 19.1. The number of ether oxygens (including phenoxy) is 2. The molecule has 0 spiro atoms. The van der Waals surface area contributed by atoms with E-state index in [2.05, 4.69) is 12.2 Å². The normalized spacial score (nSPS) is 21.7. The van der Waals surface area contributed by atoms with Gasteiger partial charge >= 0.3 is 5.97 Å². The highest BCUT2D eigenvalue weighted by Crippen LogP contribution is 2.24. The minimum Gasteiger partial charge on any atom is -0.494 e. The fourth-order valence-corrected chi connectivity index (χ4v) is 2.91. The average molecular weight is 337 g/mol. The maximum absolute atomic E-state index is 13.6. The summed E-state index contributed by atoms with van der Waals surface area (Å²) in [5.41, 5.74) is 0.0407. The van der Waals surface area contributed by atoms with Crippen LogP contribution in [0.4, 0.5) is 4.39 Å². The lowest BCUT2D eigenvalue weighted by atomic mass is 9.86. The van der Waals surface area contributed by atoms with Crippen molar-refractivity contribution in [3.05, 3.63) is 29.6 Å². The molecule has 1 N–H and O–H groups in total. The first-order valence-corrected chi connectivity index (χ1v) is 8.27. The number of esters is 1. The molecule has 0 saturated heterocycles. The van der Waals surface area contributed by atoms with E-state index in [4.69, 9.17) is 9.47 Å². The fraction of sp³-hybridized carbons (Fsp3) is 0.556. The van der Waals surface area contributed by atoms with Crippen molar-refractivity contribution in [2.75, 3.05) is 7.11 Å². The molecule has 1 amide bonds. The van der Waals surface area contributed by atoms with Gasteiger partial charge in [-0.3, -0.25) is 4.79 Å². The second-order valence-corrected chi connectivity index (χ2v) is 6.27. The van der Waals surface area contributed by atoms with Crippen LogP contribution in [0.15, 0.2) is 18.2 Å². The molecule has 132 valence electrons. The number of benzene rings is 1. The molecule has 1 aliphatic rings. The summed E-state index contributed by atoms with van der Waals surface area (Å²) in [6, 6.07) is 3.90. The van der Waals surface area contributed by atoms with E-state index in [1.165, 1.54) is 32.6 Å². The Morgan fingerprint density at radius 1 is 1.29 bits per heavy atom. The minimum absolute atomic E-state index is 0.0407. The molecule has 1 aliphatic carbocycles. The molecule has 6 heteroatoms. The third-order valence-electron chi connectivity index (χ3n) is 4.48. The van der Waals surface area contributed by atoms with Crippen molar-refractivity contribution in [2.24, 2.45) is 5.92 Å². The van der Waals surface area contributed by atoms with E-state index in [1.807, 2.05) is 0 Å². The Morgan fingerprint density at radius 3 is 2.62 bits per heavy atom. The van der Waals surface area contributed by atoms with E-state index < -0.39 is 17.9 Å². The summed E-state index contributed by atoms with van der Waals surface area (Å²) < 4.78 is 23.6. The van der Waals surface area contributed by atoms with Crippen LogP contribution < -0.4 is 10.1 Å². The third kappa shape index (κ3) is 4.46. The van der Waals surface area contributed by atoms with Crippen molar-refractivity contribution < 1.29 is 23.5 Å². The van der Waals surface area contributed by atoms with Crippen molar-refractivity contribution in [3.8, 4) is 5.75 Å². The van der Waals surface area contributed by atoms with Crippen LogP contribution in [0.1, 0.15) is 49.9 Å². The summed E-state index contributed by atoms with van der Waals surface area (Å²) in [6.45, 7) is 3.63. The summed E-state index contributed by atoms with van der Waals surface area (Å²) in [7, 11) is 1.34. The first kappa shape index (κ1) is 18.2. The second kappa shape index (κ2) is 8.13. The van der Waals surface area contributed by atoms with Crippen LogP contribution in [0.25, 0.3) is 0 Å². The lowest BCUT2D eigenvalue weighted by molar-refractivity contribution is -0.130. The molecule has 0 unspecified atom stereocenters. The Labute approximate surface area is 141 Å². The predicted molar refractivity (Wildman–Crippen MR) is 87.4 cm³/mol. The first-order chi connectivity index (χ1) is 11.4. The first-order valence-electron chi connectivity index (χ1n) is 8.27. The monoisotopic (exact) mass is 337 g/mol. The number of rotatable bonds is 5. The van der Waals surface area contributed by atoms with Crippen molar-refractivity contribution in [3.63, 3.8) is 0 Å². The maximum Gasteiger partial charge on any atom is 0.339 e. The van der Waals surface area contributed by atoms with Gasteiger partial charge in [0.05, 0.1) is 12.7 Å². The van der Waals surface area contributed by atoms with Gasteiger partial charge in [-0.2, -0.15) is 0 Å². The van der Waals surface area contributed by atoms with Gasteiger partial charge in [0.2, 0.25) is 0 Å². The van der Waals surface area contributed by atoms with E-state index >= 15 is 0 Å². The molecule has 1 fully saturated rings. The molecule has 1 aromatic carbocycles. The van der Waals surface area contributed by atoms with Crippen molar-refractivity contribution >= 4 is 11.9 Å². The molecular weight excluding hydrogens is 313 g/mol. The Morgan fingerprint density at radius 2 is 2.00 bits per heavy atom. The van der Waals surface area contributed by atoms with Crippen LogP contribution in [0, 0.1) is 11.7 Å². The molecule has 0 aliphatic heterocycles. The van der Waals surface area contributed by atoms with Crippen LogP contribution >= 0.6 is 0 Å². The van der Waals surface area contributed by atoms with Gasteiger partial charge in [0.1, 0.15) is 0 Å². The van der Waals surface area contributed by atoms with E-state index in [1.54, 1.807) is 0 Å². The molecule has 24 heavy (non-hydrogen) atoms. The quantitative estimate of drug-likeness (QED) is 0.839. The molecule has 3 atom stereocenters. The van der Waals surface area contributed by atoms with E-state index in [9.17, 15) is 14.0 Å². The van der Waals surface area contributed by atoms with Crippen molar-refractivity contribution in [2.45, 2.75) is 51.7 Å². The Balaban J connectivity index is 1.92. The van der Waals surface area contributed by atoms with Gasteiger partial charge in [0, 0.05) is 6.04 Å². The van der Waals surface area contributed by atoms with Crippen LogP contribution in [0.3, 0.4) is 0 Å². The third-order valence-corrected chi connectivity index (χ3v) is 4.48. The SMILES string of the molecule is COc1ccc(C(=O)O[C@H](C)C(=O)N[C@H]2CCCC[C@H]2C)cc1F. The standard InChI is InChI=1S/C18H24FNO4/c1-11-6-4-5-7-15(11)20-17(21)12(2)24-18(22)13-8-9-16(23-3)14(19)10-13/h8-12,15H,4-7H2,1-3H3,(H,20,21)/t11-,12-,15+/m1/s1. The van der Waals surface area contributed by atoms with Gasteiger partial charge < -0.3 is 14.8 Å². The number of amides is 1. The Bertz CT molecular complexity index is 605. The fourth-order valence-electron chi connectivity index (χ4n) is 2.91. The minimum atomic E-state index is -0.934. The Kier molecular flexibility index (Phi) is 6.17. The summed E-state index contributed by atoms with van der Waals surface area (Å²) in [5, 5.41) is 2.94. The highest BCUT2D eigenvalue weighted by molar-refractivity contribution is 5.92. The molecule has 5 nitrogen and oxygen atoms in total. The van der Waals surface area contributed by atoms with Gasteiger partial charge in [0.25, 0.3) is 5.91 Å². The van der Waals surface area contributed by atoms with Gasteiger partial charge in [-0.15, -0.1) is 0 Å². The van der Waals surface area contributed by atoms with Gasteiger partial charge in [-0.1, -0.05) is 19.8 Å². The maximum atomic E-state index is 13.6. The average Bonchev–Trinajstić information content (AvgIpc) is 2.56. The summed E-state index contributed by atoms with van der Waals surface area (Å²) in [5.74, 6) is -1.25. The Hall–Kier alpha value is -2.11. The molecule has 2 rings (SSSR count). The number of hydrogen-bond donors (Lipinski definition) is 1. The molecule has 0 radical (unpaired) electrons. The zero-order chi connectivity index (χ0) is 17.7. The molecular formula is C18H24FNO4. The number of carbonyl (C=O) groups is 2. The van der Waals surface area contributed by atoms with Gasteiger partial charge in [0.15, 0.2) is 17.7 Å². The van der Waals surface area contributed by atoms with Crippen molar-refractivity contribution in [1.82, 2.24) is 5.32 Å². The highest BCUT2D eigenvalue weighted by Gasteiger charge is 2.26. The molecule has 1 saturated carbocycles. The summed E-state index contributed by atoms with van der Waals surface area (Å²) >= 11 is 0. The number of hydrogen-bond acceptors (Lipinski definition) is 4. The lowest BCUT2D eigenvalue weighted by Gasteiger charge is -2.30. The summed E-state index contributed by atoms with van der Waals surface area (Å²) in [4.78, 5) is 24.3. The predicted octanol–water partition coefficient (Wildman–Crippen LogP) is 3.07. The van der Waals surface area contributed by atoms with E-state index in [0.717, 1.165) is 25.3 Å². The van der Waals surface area contributed by atoms with E-state index in [-0.39, 0.29) is 23.3 Å². The van der Waals surface area contributed by atoms with Crippen molar-refractivity contribution in [1.29, 1.82) is 0 Å². The van der Waals surface area contributed by atoms with Crippen LogP contribution in [0.5, 0.6) is 5.75 Å². The topological polar surface area (TPSA) is 64.6 Å². The number of nitrogens with one attached hydrogen (secondary N) is 1. The largest absolute Gasteiger partial charge is 0.494 e. The molecule has 0 bridgehead atoms. The summed E-state index contributed by atoms with van der Waals surface area (Å²) in [6.07, 6.45) is 3.37. The van der Waals surface area contributed by atoms with Crippen LogP contribution in [0.2, 0.25) is 0 Å². The molecule has 0 heterocycles. The van der Waals surface area contributed by atoms with Crippen LogP contribution in [-0.4, -0.2) is 31.1 Å². The number of methoxy groups -OCH3 is 1. The van der Waals surface area contributed by atoms with E-state index in [0.29, 0.717) is 5.92 Å². The second-order valence-electron chi connectivity index (χ2n) is 6.27. The zero-order valence-electron chi connectivity index (χ0n) is 14.3. The molecule has 1 aromatic rings. The smallest absolute Gasteiger partial charge is 0.339 e. The zero-order valence-corrected chi connectivity index (χ0v) is 14.3. The number of halogens is 1. The number of carbonyl (C=O) groups excluding carboxylic acids is 2. The van der Waals surface area contributed by atoms with Gasteiger partial charge in [-0.25, -0.2) is 9.18 Å².